The van der Waals surface area contributed by atoms with Gasteiger partial charge in [0.15, 0.2) is 0 Å². The number of nitrogens with one attached hydrogen (secondary N) is 2. The van der Waals surface area contributed by atoms with Crippen LogP contribution in [-0.2, 0) is 11.2 Å². The molecule has 0 aliphatic heterocycles. The SMILES string of the molecule is C[NH+](C)CCCNC(=O)Cc1ccc(Br)cc1. The van der Waals surface area contributed by atoms with Crippen LogP contribution in [0.15, 0.2) is 28.7 Å². The molecule has 1 aromatic carbocycles. The first kappa shape index (κ1) is 14.2. The number of carbonyl (C=O) groups excluding carboxylic acids is 1. The Morgan fingerprint density at radius 1 is 1.29 bits per heavy atom. The van der Waals surface area contributed by atoms with Gasteiger partial charge in [0.2, 0.25) is 5.91 Å². The lowest BCUT2D eigenvalue weighted by atomic mass is 10.1. The monoisotopic (exact) mass is 299 g/mol. The van der Waals surface area contributed by atoms with E-state index in [1.807, 2.05) is 24.3 Å². The number of carbonyl (C=O) groups is 1. The van der Waals surface area contributed by atoms with Crippen LogP contribution in [0.3, 0.4) is 0 Å². The van der Waals surface area contributed by atoms with Gasteiger partial charge in [0, 0.05) is 17.4 Å². The summed E-state index contributed by atoms with van der Waals surface area (Å²) in [4.78, 5) is 13.0. The highest BCUT2D eigenvalue weighted by Gasteiger charge is 2.03. The van der Waals surface area contributed by atoms with Gasteiger partial charge in [0.25, 0.3) is 0 Å². The van der Waals surface area contributed by atoms with Gasteiger partial charge >= 0.3 is 0 Å². The van der Waals surface area contributed by atoms with Gasteiger partial charge in [-0.25, -0.2) is 0 Å². The molecule has 1 amide bonds. The first-order chi connectivity index (χ1) is 8.08. The Balaban J connectivity index is 2.23. The van der Waals surface area contributed by atoms with Crippen molar-refractivity contribution in [2.45, 2.75) is 12.8 Å². The summed E-state index contributed by atoms with van der Waals surface area (Å²) < 4.78 is 1.04. The molecule has 0 fully saturated rings. The zero-order valence-electron chi connectivity index (χ0n) is 10.4. The second-order valence-corrected chi connectivity index (χ2v) is 5.38. The van der Waals surface area contributed by atoms with Crippen molar-refractivity contribution in [1.82, 2.24) is 5.32 Å². The molecule has 2 N–H and O–H groups in total. The molecule has 0 saturated heterocycles. The molecule has 0 atom stereocenters. The summed E-state index contributed by atoms with van der Waals surface area (Å²) in [5.74, 6) is 0.0982. The average Bonchev–Trinajstić information content (AvgIpc) is 2.27. The van der Waals surface area contributed by atoms with Crippen molar-refractivity contribution in [2.24, 2.45) is 0 Å². The van der Waals surface area contributed by atoms with Gasteiger partial charge < -0.3 is 10.2 Å². The number of hydrogen-bond donors (Lipinski definition) is 2. The Kier molecular flexibility index (Phi) is 6.22. The summed E-state index contributed by atoms with van der Waals surface area (Å²) in [6, 6.07) is 7.84. The third kappa shape index (κ3) is 6.44. The maximum absolute atomic E-state index is 11.6. The van der Waals surface area contributed by atoms with Crippen molar-refractivity contribution in [2.75, 3.05) is 27.2 Å². The third-order valence-electron chi connectivity index (χ3n) is 2.45. The Hall–Kier alpha value is -0.870. The van der Waals surface area contributed by atoms with Gasteiger partial charge in [-0.2, -0.15) is 0 Å². The highest BCUT2D eigenvalue weighted by atomic mass is 79.9. The third-order valence-corrected chi connectivity index (χ3v) is 2.98. The van der Waals surface area contributed by atoms with Crippen LogP contribution in [0.5, 0.6) is 0 Å². The van der Waals surface area contributed by atoms with E-state index >= 15 is 0 Å². The molecule has 0 aromatic heterocycles. The first-order valence-electron chi connectivity index (χ1n) is 5.88. The first-order valence-corrected chi connectivity index (χ1v) is 6.67. The topological polar surface area (TPSA) is 33.5 Å². The fourth-order valence-electron chi connectivity index (χ4n) is 1.52. The lowest BCUT2D eigenvalue weighted by Crippen LogP contribution is -3.05. The van der Waals surface area contributed by atoms with Crippen LogP contribution >= 0.6 is 15.9 Å². The summed E-state index contributed by atoms with van der Waals surface area (Å²) in [6.45, 7) is 1.85. The molecule has 0 bridgehead atoms. The van der Waals surface area contributed by atoms with Gasteiger partial charge in [-0.05, 0) is 17.7 Å². The number of quaternary nitrogens is 1. The molecule has 0 aliphatic carbocycles. The van der Waals surface area contributed by atoms with Crippen molar-refractivity contribution >= 4 is 21.8 Å². The van der Waals surface area contributed by atoms with E-state index in [2.05, 4.69) is 35.3 Å². The molecule has 0 aliphatic rings. The molecule has 1 aromatic rings. The average molecular weight is 300 g/mol. The van der Waals surface area contributed by atoms with Crippen LogP contribution in [-0.4, -0.2) is 33.1 Å². The van der Waals surface area contributed by atoms with Gasteiger partial charge in [-0.3, -0.25) is 4.79 Å². The lowest BCUT2D eigenvalue weighted by Gasteiger charge is -2.08. The summed E-state index contributed by atoms with van der Waals surface area (Å²) in [6.07, 6.45) is 1.48. The lowest BCUT2D eigenvalue weighted by molar-refractivity contribution is -0.858. The summed E-state index contributed by atoms with van der Waals surface area (Å²) >= 11 is 3.37. The van der Waals surface area contributed by atoms with Crippen LogP contribution in [0.1, 0.15) is 12.0 Å². The van der Waals surface area contributed by atoms with Crippen LogP contribution in [0.4, 0.5) is 0 Å². The van der Waals surface area contributed by atoms with Crippen molar-refractivity contribution in [3.8, 4) is 0 Å². The largest absolute Gasteiger partial charge is 0.356 e. The quantitative estimate of drug-likeness (QED) is 0.743. The molecule has 17 heavy (non-hydrogen) atoms. The highest BCUT2D eigenvalue weighted by Crippen LogP contribution is 2.10. The smallest absolute Gasteiger partial charge is 0.224 e. The van der Waals surface area contributed by atoms with Crippen molar-refractivity contribution < 1.29 is 9.69 Å². The summed E-state index contributed by atoms with van der Waals surface area (Å²) in [5, 5.41) is 2.94. The second-order valence-electron chi connectivity index (χ2n) is 4.46. The summed E-state index contributed by atoms with van der Waals surface area (Å²) in [7, 11) is 4.23. The standard InChI is InChI=1S/C13H19BrN2O/c1-16(2)9-3-8-15-13(17)10-11-4-6-12(14)7-5-11/h4-7H,3,8-10H2,1-2H3,(H,15,17)/p+1. The molecule has 1 rings (SSSR count). The fraction of sp³-hybridized carbons (Fsp3) is 0.462. The minimum absolute atomic E-state index is 0.0982. The molecule has 4 heteroatoms. The maximum atomic E-state index is 11.6. The minimum Gasteiger partial charge on any atom is -0.356 e. The van der Waals surface area contributed by atoms with E-state index in [-0.39, 0.29) is 5.91 Å². The van der Waals surface area contributed by atoms with E-state index < -0.39 is 0 Å². The Morgan fingerprint density at radius 3 is 2.53 bits per heavy atom. The molecular weight excluding hydrogens is 280 g/mol. The van der Waals surface area contributed by atoms with Crippen molar-refractivity contribution in [1.29, 1.82) is 0 Å². The molecule has 0 saturated carbocycles. The van der Waals surface area contributed by atoms with Crippen molar-refractivity contribution in [3.05, 3.63) is 34.3 Å². The molecular formula is C13H20BrN2O+. The highest BCUT2D eigenvalue weighted by molar-refractivity contribution is 9.10. The predicted molar refractivity (Wildman–Crippen MR) is 73.2 cm³/mol. The molecule has 0 unspecified atom stereocenters. The number of rotatable bonds is 6. The van der Waals surface area contributed by atoms with E-state index in [4.69, 9.17) is 0 Å². The predicted octanol–water partition coefficient (Wildman–Crippen LogP) is 0.642. The zero-order chi connectivity index (χ0) is 12.7. The molecule has 94 valence electrons. The number of amides is 1. The Morgan fingerprint density at radius 2 is 1.94 bits per heavy atom. The number of halogens is 1. The van der Waals surface area contributed by atoms with Gasteiger partial charge in [-0.1, -0.05) is 28.1 Å². The van der Waals surface area contributed by atoms with Crippen LogP contribution in [0.25, 0.3) is 0 Å². The number of benzene rings is 1. The molecule has 3 nitrogen and oxygen atoms in total. The summed E-state index contributed by atoms with van der Waals surface area (Å²) in [5.41, 5.74) is 1.05. The van der Waals surface area contributed by atoms with Crippen LogP contribution in [0.2, 0.25) is 0 Å². The molecule has 0 spiro atoms. The van der Waals surface area contributed by atoms with E-state index in [1.54, 1.807) is 0 Å². The van der Waals surface area contributed by atoms with Gasteiger partial charge in [0.1, 0.15) is 0 Å². The number of hydrogen-bond acceptors (Lipinski definition) is 1. The zero-order valence-corrected chi connectivity index (χ0v) is 12.0. The fourth-order valence-corrected chi connectivity index (χ4v) is 1.78. The Bertz CT molecular complexity index is 349. The Labute approximate surface area is 111 Å². The van der Waals surface area contributed by atoms with Crippen LogP contribution < -0.4 is 10.2 Å². The normalized spacial score (nSPS) is 10.6. The van der Waals surface area contributed by atoms with E-state index in [9.17, 15) is 4.79 Å². The van der Waals surface area contributed by atoms with E-state index in [1.165, 1.54) is 4.90 Å². The van der Waals surface area contributed by atoms with Gasteiger partial charge in [-0.15, -0.1) is 0 Å². The molecule has 0 heterocycles. The maximum Gasteiger partial charge on any atom is 0.224 e. The second kappa shape index (κ2) is 7.45. The van der Waals surface area contributed by atoms with Gasteiger partial charge in [0.05, 0.1) is 27.1 Å². The van der Waals surface area contributed by atoms with Crippen molar-refractivity contribution in [3.63, 3.8) is 0 Å². The molecule has 0 radical (unpaired) electrons. The van der Waals surface area contributed by atoms with E-state index in [0.717, 1.165) is 29.5 Å². The van der Waals surface area contributed by atoms with Crippen LogP contribution in [0, 0.1) is 0 Å². The van der Waals surface area contributed by atoms with E-state index in [0.29, 0.717) is 6.42 Å². The minimum atomic E-state index is 0.0982.